The standard InChI is InChI=1S/C13H19N3O2/c1-3-12(9-4-11(17)5-9)16-13(18)10-6-14-8(2)15-7-10/h6-7,9,11-12,17H,3-5H2,1-2H3,(H,16,18). The molecule has 1 heterocycles. The normalized spacial score (nSPS) is 24.2. The zero-order chi connectivity index (χ0) is 13.1. The van der Waals surface area contributed by atoms with Crippen LogP contribution in [0.2, 0.25) is 0 Å². The van der Waals surface area contributed by atoms with Crippen LogP contribution in [0.3, 0.4) is 0 Å². The number of nitrogens with one attached hydrogen (secondary N) is 1. The second-order valence-corrected chi connectivity index (χ2v) is 4.89. The summed E-state index contributed by atoms with van der Waals surface area (Å²) in [5, 5.41) is 12.3. The Balaban J connectivity index is 1.95. The van der Waals surface area contributed by atoms with E-state index in [0.29, 0.717) is 17.3 Å². The van der Waals surface area contributed by atoms with Gasteiger partial charge in [0.15, 0.2) is 0 Å². The molecule has 1 aliphatic rings. The molecule has 98 valence electrons. The highest BCUT2D eigenvalue weighted by Gasteiger charge is 2.33. The fourth-order valence-corrected chi connectivity index (χ4v) is 2.27. The van der Waals surface area contributed by atoms with Gasteiger partial charge in [-0.1, -0.05) is 6.92 Å². The van der Waals surface area contributed by atoms with Gasteiger partial charge >= 0.3 is 0 Å². The number of carbonyl (C=O) groups is 1. The lowest BCUT2D eigenvalue weighted by Gasteiger charge is -2.37. The van der Waals surface area contributed by atoms with Gasteiger partial charge in [-0.25, -0.2) is 9.97 Å². The van der Waals surface area contributed by atoms with Crippen LogP contribution in [0, 0.1) is 12.8 Å². The van der Waals surface area contributed by atoms with Crippen LogP contribution in [-0.4, -0.2) is 33.1 Å². The number of nitrogens with zero attached hydrogens (tertiary/aromatic N) is 2. The van der Waals surface area contributed by atoms with Gasteiger partial charge in [-0.3, -0.25) is 4.79 Å². The summed E-state index contributed by atoms with van der Waals surface area (Å²) in [6.45, 7) is 3.83. The summed E-state index contributed by atoms with van der Waals surface area (Å²) in [5.74, 6) is 0.907. The molecule has 0 radical (unpaired) electrons. The number of aryl methyl sites for hydroxylation is 1. The third kappa shape index (κ3) is 2.85. The Kier molecular flexibility index (Phi) is 3.91. The summed E-state index contributed by atoms with van der Waals surface area (Å²) in [7, 11) is 0. The van der Waals surface area contributed by atoms with Crippen LogP contribution < -0.4 is 5.32 Å². The molecule has 5 heteroatoms. The molecule has 0 aliphatic heterocycles. The van der Waals surface area contributed by atoms with Gasteiger partial charge in [0, 0.05) is 18.4 Å². The topological polar surface area (TPSA) is 75.1 Å². The molecule has 5 nitrogen and oxygen atoms in total. The first-order chi connectivity index (χ1) is 8.60. The van der Waals surface area contributed by atoms with Gasteiger partial charge in [-0.15, -0.1) is 0 Å². The number of hydrogen-bond acceptors (Lipinski definition) is 4. The van der Waals surface area contributed by atoms with Crippen molar-refractivity contribution in [2.45, 2.75) is 45.3 Å². The molecule has 0 spiro atoms. The molecule has 1 atom stereocenters. The van der Waals surface area contributed by atoms with Gasteiger partial charge in [-0.2, -0.15) is 0 Å². The largest absolute Gasteiger partial charge is 0.393 e. The van der Waals surface area contributed by atoms with Crippen molar-refractivity contribution < 1.29 is 9.90 Å². The minimum atomic E-state index is -0.191. The second-order valence-electron chi connectivity index (χ2n) is 4.89. The number of aromatic nitrogens is 2. The van der Waals surface area contributed by atoms with E-state index in [0.717, 1.165) is 19.3 Å². The lowest BCUT2D eigenvalue weighted by Crippen LogP contribution is -2.46. The van der Waals surface area contributed by atoms with Crippen molar-refractivity contribution in [2.24, 2.45) is 5.92 Å². The highest BCUT2D eigenvalue weighted by molar-refractivity contribution is 5.93. The van der Waals surface area contributed by atoms with Gasteiger partial charge in [0.1, 0.15) is 5.82 Å². The van der Waals surface area contributed by atoms with Crippen molar-refractivity contribution >= 4 is 5.91 Å². The summed E-state index contributed by atoms with van der Waals surface area (Å²) in [5.41, 5.74) is 0.485. The molecule has 0 bridgehead atoms. The van der Waals surface area contributed by atoms with E-state index >= 15 is 0 Å². The van der Waals surface area contributed by atoms with Crippen LogP contribution in [0.4, 0.5) is 0 Å². The Hall–Kier alpha value is -1.49. The number of hydrogen-bond donors (Lipinski definition) is 2. The number of aliphatic hydroxyl groups excluding tert-OH is 1. The molecule has 1 aromatic heterocycles. The predicted octanol–water partition coefficient (Wildman–Crippen LogP) is 1.06. The highest BCUT2D eigenvalue weighted by atomic mass is 16.3. The first-order valence-electron chi connectivity index (χ1n) is 6.37. The van der Waals surface area contributed by atoms with E-state index in [4.69, 9.17) is 0 Å². The molecule has 2 N–H and O–H groups in total. The van der Waals surface area contributed by atoms with E-state index in [2.05, 4.69) is 15.3 Å². The van der Waals surface area contributed by atoms with Crippen LogP contribution in [0.25, 0.3) is 0 Å². The van der Waals surface area contributed by atoms with Crippen molar-refractivity contribution in [3.63, 3.8) is 0 Å². The second kappa shape index (κ2) is 5.44. The minimum absolute atomic E-state index is 0.127. The van der Waals surface area contributed by atoms with Gasteiger partial charge in [0.25, 0.3) is 5.91 Å². The first kappa shape index (κ1) is 13.0. The number of aliphatic hydroxyl groups is 1. The Morgan fingerprint density at radius 3 is 2.61 bits per heavy atom. The third-order valence-electron chi connectivity index (χ3n) is 3.52. The van der Waals surface area contributed by atoms with E-state index < -0.39 is 0 Å². The molecule has 1 aliphatic carbocycles. The van der Waals surface area contributed by atoms with Crippen LogP contribution in [0.1, 0.15) is 42.4 Å². The average Bonchev–Trinajstić information content (AvgIpc) is 2.33. The Morgan fingerprint density at radius 2 is 2.11 bits per heavy atom. The van der Waals surface area contributed by atoms with Gasteiger partial charge in [0.2, 0.25) is 0 Å². The molecule has 1 saturated carbocycles. The SMILES string of the molecule is CCC(NC(=O)c1cnc(C)nc1)C1CC(O)C1. The van der Waals surface area contributed by atoms with Gasteiger partial charge < -0.3 is 10.4 Å². The smallest absolute Gasteiger partial charge is 0.254 e. The summed E-state index contributed by atoms with van der Waals surface area (Å²) in [6.07, 6.45) is 5.33. The Labute approximate surface area is 107 Å². The third-order valence-corrected chi connectivity index (χ3v) is 3.52. The van der Waals surface area contributed by atoms with E-state index in [1.165, 1.54) is 0 Å². The van der Waals surface area contributed by atoms with Crippen molar-refractivity contribution in [3.05, 3.63) is 23.8 Å². The van der Waals surface area contributed by atoms with Crippen molar-refractivity contribution in [1.82, 2.24) is 15.3 Å². The monoisotopic (exact) mass is 249 g/mol. The van der Waals surface area contributed by atoms with Crippen molar-refractivity contribution in [1.29, 1.82) is 0 Å². The number of rotatable bonds is 4. The zero-order valence-electron chi connectivity index (χ0n) is 10.8. The summed E-state index contributed by atoms with van der Waals surface area (Å²) < 4.78 is 0. The molecule has 1 aromatic rings. The maximum Gasteiger partial charge on any atom is 0.254 e. The predicted molar refractivity (Wildman–Crippen MR) is 67.0 cm³/mol. The fraction of sp³-hybridized carbons (Fsp3) is 0.615. The van der Waals surface area contributed by atoms with E-state index in [9.17, 15) is 9.90 Å². The molecule has 1 fully saturated rings. The quantitative estimate of drug-likeness (QED) is 0.836. The van der Waals surface area contributed by atoms with Crippen molar-refractivity contribution in [3.8, 4) is 0 Å². The van der Waals surface area contributed by atoms with Crippen LogP contribution >= 0.6 is 0 Å². The van der Waals surface area contributed by atoms with Crippen LogP contribution in [0.5, 0.6) is 0 Å². The number of amides is 1. The molecule has 18 heavy (non-hydrogen) atoms. The van der Waals surface area contributed by atoms with Gasteiger partial charge in [-0.05, 0) is 32.1 Å². The molecular formula is C13H19N3O2. The molecule has 1 unspecified atom stereocenters. The lowest BCUT2D eigenvalue weighted by molar-refractivity contribution is 0.0232. The highest BCUT2D eigenvalue weighted by Crippen LogP contribution is 2.31. The fourth-order valence-electron chi connectivity index (χ4n) is 2.27. The van der Waals surface area contributed by atoms with E-state index in [1.54, 1.807) is 19.3 Å². The van der Waals surface area contributed by atoms with E-state index in [1.807, 2.05) is 6.92 Å². The maximum atomic E-state index is 12.0. The summed E-state index contributed by atoms with van der Waals surface area (Å²) in [6, 6.07) is 0.127. The van der Waals surface area contributed by atoms with Crippen LogP contribution in [0.15, 0.2) is 12.4 Å². The number of carbonyl (C=O) groups excluding carboxylic acids is 1. The van der Waals surface area contributed by atoms with Crippen molar-refractivity contribution in [2.75, 3.05) is 0 Å². The molecule has 2 rings (SSSR count). The Morgan fingerprint density at radius 1 is 1.50 bits per heavy atom. The summed E-state index contributed by atoms with van der Waals surface area (Å²) >= 11 is 0. The Bertz CT molecular complexity index is 413. The molecule has 0 aromatic carbocycles. The average molecular weight is 249 g/mol. The first-order valence-corrected chi connectivity index (χ1v) is 6.37. The van der Waals surface area contributed by atoms with Crippen LogP contribution in [-0.2, 0) is 0 Å². The molecular weight excluding hydrogens is 230 g/mol. The maximum absolute atomic E-state index is 12.0. The van der Waals surface area contributed by atoms with Gasteiger partial charge in [0.05, 0.1) is 11.7 Å². The zero-order valence-corrected chi connectivity index (χ0v) is 10.8. The minimum Gasteiger partial charge on any atom is -0.393 e. The molecule has 0 saturated heterocycles. The van der Waals surface area contributed by atoms with E-state index in [-0.39, 0.29) is 18.1 Å². The summed E-state index contributed by atoms with van der Waals surface area (Å²) in [4.78, 5) is 20.0. The lowest BCUT2D eigenvalue weighted by atomic mass is 9.76. The molecule has 1 amide bonds.